The highest BCUT2D eigenvalue weighted by Crippen LogP contribution is 2.00. The van der Waals surface area contributed by atoms with Gasteiger partial charge in [0, 0.05) is 0 Å². The van der Waals surface area contributed by atoms with Gasteiger partial charge in [-0.1, -0.05) is 6.42 Å². The van der Waals surface area contributed by atoms with Crippen LogP contribution in [0.1, 0.15) is 19.3 Å². The first-order valence-corrected chi connectivity index (χ1v) is 4.50. The van der Waals surface area contributed by atoms with Gasteiger partial charge in [0.25, 0.3) is 0 Å². The predicted octanol–water partition coefficient (Wildman–Crippen LogP) is 1.90. The van der Waals surface area contributed by atoms with Gasteiger partial charge in [-0.15, -0.1) is 12.4 Å². The van der Waals surface area contributed by atoms with Gasteiger partial charge in [-0.25, -0.2) is 0 Å². The lowest BCUT2D eigenvalue weighted by atomic mass is 10.2. The molecule has 0 aromatic rings. The topological polar surface area (TPSA) is 26.0 Å². The van der Waals surface area contributed by atoms with Crippen molar-refractivity contribution < 1.29 is 0 Å². The molecule has 0 aromatic carbocycles. The summed E-state index contributed by atoms with van der Waals surface area (Å²) in [5, 5.41) is 0. The van der Waals surface area contributed by atoms with Crippen LogP contribution in [-0.4, -0.2) is 18.6 Å². The fourth-order valence-corrected chi connectivity index (χ4v) is 1.06. The number of halogens is 1. The molecule has 0 saturated carbocycles. The Morgan fingerprint density at radius 3 is 2.33 bits per heavy atom. The van der Waals surface area contributed by atoms with Crippen molar-refractivity contribution in [3.05, 3.63) is 0 Å². The summed E-state index contributed by atoms with van der Waals surface area (Å²) in [4.78, 5) is 0. The first-order valence-electron chi connectivity index (χ1n) is 3.11. The number of rotatable bonds is 5. The Hall–Kier alpha value is 0.600. The Labute approximate surface area is 68.2 Å². The Morgan fingerprint density at radius 2 is 1.89 bits per heavy atom. The molecule has 9 heavy (non-hydrogen) atoms. The van der Waals surface area contributed by atoms with Gasteiger partial charge in [-0.05, 0) is 31.4 Å². The molecule has 1 nitrogen and oxygen atoms in total. The minimum atomic E-state index is 0. The Balaban J connectivity index is 0. The molecule has 0 bridgehead atoms. The lowest BCUT2D eigenvalue weighted by molar-refractivity contribution is 0.733. The molecular weight excluding hydrogens is 154 g/mol. The molecule has 0 heterocycles. The van der Waals surface area contributed by atoms with Gasteiger partial charge in [0.05, 0.1) is 0 Å². The van der Waals surface area contributed by atoms with Crippen LogP contribution < -0.4 is 5.73 Å². The van der Waals surface area contributed by atoms with E-state index in [0.717, 1.165) is 6.54 Å². The Morgan fingerprint density at radius 1 is 1.22 bits per heavy atom. The summed E-state index contributed by atoms with van der Waals surface area (Å²) in [6, 6.07) is 0. The highest BCUT2D eigenvalue weighted by Gasteiger charge is 1.83. The number of nitrogens with two attached hydrogens (primary N) is 1. The predicted molar refractivity (Wildman–Crippen MR) is 48.5 cm³/mol. The summed E-state index contributed by atoms with van der Waals surface area (Å²) in [5.41, 5.74) is 5.30. The SMILES string of the molecule is CSCCCCCN.Cl. The average molecular weight is 170 g/mol. The molecule has 0 aromatic heterocycles. The van der Waals surface area contributed by atoms with E-state index in [1.807, 2.05) is 11.8 Å². The van der Waals surface area contributed by atoms with Gasteiger partial charge >= 0.3 is 0 Å². The fraction of sp³-hybridized carbons (Fsp3) is 1.00. The van der Waals surface area contributed by atoms with Crippen molar-refractivity contribution in [3.63, 3.8) is 0 Å². The van der Waals surface area contributed by atoms with Crippen LogP contribution in [0.3, 0.4) is 0 Å². The molecule has 0 fully saturated rings. The van der Waals surface area contributed by atoms with E-state index in [1.165, 1.54) is 25.0 Å². The van der Waals surface area contributed by atoms with E-state index in [4.69, 9.17) is 5.73 Å². The molecule has 0 atom stereocenters. The van der Waals surface area contributed by atoms with Crippen molar-refractivity contribution in [2.45, 2.75) is 19.3 Å². The van der Waals surface area contributed by atoms with Crippen molar-refractivity contribution in [1.82, 2.24) is 0 Å². The van der Waals surface area contributed by atoms with E-state index >= 15 is 0 Å². The van der Waals surface area contributed by atoms with E-state index in [9.17, 15) is 0 Å². The molecule has 3 heteroatoms. The molecule has 0 spiro atoms. The largest absolute Gasteiger partial charge is 0.330 e. The maximum Gasteiger partial charge on any atom is -0.00703 e. The zero-order valence-corrected chi connectivity index (χ0v) is 7.56. The van der Waals surface area contributed by atoms with Crippen LogP contribution in [0.2, 0.25) is 0 Å². The number of hydrogen-bond acceptors (Lipinski definition) is 2. The zero-order chi connectivity index (χ0) is 6.24. The lowest BCUT2D eigenvalue weighted by Crippen LogP contribution is -1.97. The van der Waals surface area contributed by atoms with Gasteiger partial charge in [-0.3, -0.25) is 0 Å². The number of hydrogen-bond donors (Lipinski definition) is 1. The summed E-state index contributed by atoms with van der Waals surface area (Å²) in [6.07, 6.45) is 5.97. The Bertz CT molecular complexity index is 38.0. The maximum atomic E-state index is 5.30. The second-order valence-corrected chi connectivity index (χ2v) is 2.83. The van der Waals surface area contributed by atoms with Crippen LogP contribution in [0.4, 0.5) is 0 Å². The van der Waals surface area contributed by atoms with Gasteiger partial charge in [-0.2, -0.15) is 11.8 Å². The number of thioether (sulfide) groups is 1. The highest BCUT2D eigenvalue weighted by molar-refractivity contribution is 7.98. The van der Waals surface area contributed by atoms with Crippen molar-refractivity contribution in [1.29, 1.82) is 0 Å². The molecule has 0 radical (unpaired) electrons. The van der Waals surface area contributed by atoms with E-state index in [-0.39, 0.29) is 12.4 Å². The molecule has 0 aliphatic rings. The second kappa shape index (κ2) is 11.4. The first-order chi connectivity index (χ1) is 3.91. The van der Waals surface area contributed by atoms with Gasteiger partial charge < -0.3 is 5.73 Å². The molecule has 0 aliphatic heterocycles. The van der Waals surface area contributed by atoms with E-state index in [1.54, 1.807) is 0 Å². The summed E-state index contributed by atoms with van der Waals surface area (Å²) in [6.45, 7) is 0.856. The van der Waals surface area contributed by atoms with Crippen LogP contribution in [0.5, 0.6) is 0 Å². The molecule has 0 aliphatic carbocycles. The van der Waals surface area contributed by atoms with Crippen molar-refractivity contribution in [3.8, 4) is 0 Å². The summed E-state index contributed by atoms with van der Waals surface area (Å²) < 4.78 is 0. The third-order valence-corrected chi connectivity index (χ3v) is 1.75. The maximum absolute atomic E-state index is 5.30. The van der Waals surface area contributed by atoms with Crippen LogP contribution >= 0.6 is 24.2 Å². The van der Waals surface area contributed by atoms with Crippen molar-refractivity contribution in [2.75, 3.05) is 18.6 Å². The van der Waals surface area contributed by atoms with Crippen LogP contribution in [0.15, 0.2) is 0 Å². The quantitative estimate of drug-likeness (QED) is 0.637. The lowest BCUT2D eigenvalue weighted by Gasteiger charge is -1.93. The summed E-state index contributed by atoms with van der Waals surface area (Å²) in [5.74, 6) is 1.29. The molecule has 0 unspecified atom stereocenters. The minimum Gasteiger partial charge on any atom is -0.330 e. The third-order valence-electron chi connectivity index (χ3n) is 1.05. The van der Waals surface area contributed by atoms with Crippen LogP contribution in [-0.2, 0) is 0 Å². The third kappa shape index (κ3) is 11.9. The van der Waals surface area contributed by atoms with Gasteiger partial charge in [0.1, 0.15) is 0 Å². The zero-order valence-electron chi connectivity index (χ0n) is 5.93. The minimum absolute atomic E-state index is 0. The van der Waals surface area contributed by atoms with Gasteiger partial charge in [0.2, 0.25) is 0 Å². The van der Waals surface area contributed by atoms with E-state index in [0.29, 0.717) is 0 Å². The van der Waals surface area contributed by atoms with Crippen LogP contribution in [0.25, 0.3) is 0 Å². The standard InChI is InChI=1S/C6H15NS.ClH/c1-8-6-4-2-3-5-7;/h2-7H2,1H3;1H. The van der Waals surface area contributed by atoms with E-state index < -0.39 is 0 Å². The monoisotopic (exact) mass is 169 g/mol. The molecular formula is C6H16ClNS. The number of unbranched alkanes of at least 4 members (excludes halogenated alkanes) is 2. The van der Waals surface area contributed by atoms with Crippen molar-refractivity contribution in [2.24, 2.45) is 5.73 Å². The molecule has 0 saturated heterocycles. The second-order valence-electron chi connectivity index (χ2n) is 1.84. The summed E-state index contributed by atoms with van der Waals surface area (Å²) in [7, 11) is 0. The highest BCUT2D eigenvalue weighted by atomic mass is 35.5. The van der Waals surface area contributed by atoms with E-state index in [2.05, 4.69) is 6.26 Å². The fourth-order valence-electron chi connectivity index (χ4n) is 0.568. The molecule has 2 N–H and O–H groups in total. The van der Waals surface area contributed by atoms with Gasteiger partial charge in [0.15, 0.2) is 0 Å². The average Bonchev–Trinajstić information content (AvgIpc) is 1.81. The molecule has 58 valence electrons. The molecule has 0 amide bonds. The van der Waals surface area contributed by atoms with Crippen LogP contribution in [0, 0.1) is 0 Å². The Kier molecular flexibility index (Phi) is 15.6. The first kappa shape index (κ1) is 12.3. The summed E-state index contributed by atoms with van der Waals surface area (Å²) >= 11 is 1.91. The molecule has 0 rings (SSSR count). The smallest absolute Gasteiger partial charge is 0.00703 e. The van der Waals surface area contributed by atoms with Crippen molar-refractivity contribution >= 4 is 24.2 Å². The normalized spacial score (nSPS) is 8.67.